The van der Waals surface area contributed by atoms with Gasteiger partial charge in [-0.3, -0.25) is 0 Å². The van der Waals surface area contributed by atoms with Gasteiger partial charge in [-0.2, -0.15) is 0 Å². The summed E-state index contributed by atoms with van der Waals surface area (Å²) < 4.78 is 13.2. The Morgan fingerprint density at radius 3 is 1.41 bits per heavy atom. The molecule has 0 radical (unpaired) electrons. The summed E-state index contributed by atoms with van der Waals surface area (Å²) in [6.07, 6.45) is 2.15. The van der Waals surface area contributed by atoms with Gasteiger partial charge in [0, 0.05) is 58.4 Å². The van der Waals surface area contributed by atoms with Crippen LogP contribution in [0.3, 0.4) is 0 Å². The van der Waals surface area contributed by atoms with Gasteiger partial charge in [-0.25, -0.2) is 0 Å². The van der Waals surface area contributed by atoms with Crippen molar-refractivity contribution in [3.8, 4) is 69.0 Å². The number of hydrogen-bond acceptors (Lipinski definition) is 12. The molecule has 12 nitrogen and oxygen atoms in total. The first kappa shape index (κ1) is 41.8. The molecule has 10 N–H and O–H groups in total. The summed E-state index contributed by atoms with van der Waals surface area (Å²) >= 11 is 0. The Balaban J connectivity index is 1.10. The van der Waals surface area contributed by atoms with Crippen molar-refractivity contribution in [3.63, 3.8) is 0 Å². The number of hydrogen-bond donors (Lipinski definition) is 10. The maximum absolute atomic E-state index is 12.1. The van der Waals surface area contributed by atoms with E-state index in [-0.39, 0.29) is 57.5 Å². The molecule has 0 fully saturated rings. The van der Waals surface area contributed by atoms with Gasteiger partial charge in [0.15, 0.2) is 0 Å². The molecule has 8 aromatic rings. The zero-order chi connectivity index (χ0) is 47.1. The molecule has 2 aliphatic heterocycles. The van der Waals surface area contributed by atoms with Crippen LogP contribution >= 0.6 is 0 Å². The van der Waals surface area contributed by atoms with E-state index >= 15 is 0 Å². The second-order valence-corrected chi connectivity index (χ2v) is 17.6. The largest absolute Gasteiger partial charge is 0.508 e. The third kappa shape index (κ3) is 7.10. The summed E-state index contributed by atoms with van der Waals surface area (Å²) in [6.45, 7) is 0. The summed E-state index contributed by atoms with van der Waals surface area (Å²) in [6, 6.07) is 38.0. The summed E-state index contributed by atoms with van der Waals surface area (Å²) in [7, 11) is 0. The highest BCUT2D eigenvalue weighted by atomic mass is 16.5. The van der Waals surface area contributed by atoms with Crippen LogP contribution in [0.1, 0.15) is 103 Å². The van der Waals surface area contributed by atoms with Gasteiger partial charge in [-0.15, -0.1) is 0 Å². The monoisotopic (exact) mass is 906 g/mol. The quantitative estimate of drug-likeness (QED) is 0.0675. The Morgan fingerprint density at radius 2 is 0.809 bits per heavy atom. The van der Waals surface area contributed by atoms with Crippen molar-refractivity contribution >= 4 is 12.2 Å². The molecule has 8 aromatic carbocycles. The van der Waals surface area contributed by atoms with Crippen molar-refractivity contribution in [3.05, 3.63) is 212 Å². The molecule has 2 heterocycles. The predicted molar refractivity (Wildman–Crippen MR) is 251 cm³/mol. The first-order chi connectivity index (χ1) is 32.8. The van der Waals surface area contributed by atoms with Gasteiger partial charge in [-0.05, 0) is 123 Å². The molecule has 0 saturated heterocycles. The van der Waals surface area contributed by atoms with E-state index < -0.39 is 35.9 Å². The Bertz CT molecular complexity index is 3310. The number of phenols is 10. The minimum absolute atomic E-state index is 0.00509. The Morgan fingerprint density at radius 1 is 0.309 bits per heavy atom. The van der Waals surface area contributed by atoms with Gasteiger partial charge in [-0.1, -0.05) is 54.6 Å². The van der Waals surface area contributed by atoms with E-state index in [9.17, 15) is 51.1 Å². The zero-order valence-electron chi connectivity index (χ0n) is 35.8. The van der Waals surface area contributed by atoms with Gasteiger partial charge >= 0.3 is 0 Å². The fourth-order valence-corrected chi connectivity index (χ4v) is 10.6. The van der Waals surface area contributed by atoms with Gasteiger partial charge in [0.2, 0.25) is 0 Å². The molecule has 0 amide bonds. The van der Waals surface area contributed by atoms with Crippen molar-refractivity contribution in [2.45, 2.75) is 35.9 Å². The molecule has 1 aliphatic carbocycles. The standard InChI is InChI=1S/C56H42O12/c57-33-10-4-28(5-11-33)49-51(42-23-40(64)26-47-53(42)54(43-22-39(63)24-45(66)52(43)49)56(68-47)30-8-14-35(59)15-9-30)41-17-27(2-16-44(41)65)1-3-31-18-38(62)25-46-48(31)50(32-19-36(60)21-37(61)20-32)55(67-46)29-6-12-34(58)13-7-29/h1-26,49-51,54-66H/t49-,50-,51-,54-,55-,56-/m0/s1. The first-order valence-corrected chi connectivity index (χ1v) is 21.8. The average Bonchev–Trinajstić information content (AvgIpc) is 3.84. The van der Waals surface area contributed by atoms with Crippen molar-refractivity contribution in [2.75, 3.05) is 0 Å². The second kappa shape index (κ2) is 15.9. The molecule has 338 valence electrons. The van der Waals surface area contributed by atoms with E-state index in [1.807, 2.05) is 0 Å². The molecule has 68 heavy (non-hydrogen) atoms. The molecular weight excluding hydrogens is 865 g/mol. The van der Waals surface area contributed by atoms with E-state index in [1.54, 1.807) is 97.1 Å². The molecule has 0 unspecified atom stereocenters. The van der Waals surface area contributed by atoms with Crippen LogP contribution in [0, 0.1) is 0 Å². The van der Waals surface area contributed by atoms with Crippen LogP contribution in [-0.2, 0) is 0 Å². The summed E-state index contributed by atoms with van der Waals surface area (Å²) in [5.41, 5.74) is 6.91. The molecular formula is C56H42O12. The van der Waals surface area contributed by atoms with Crippen molar-refractivity contribution in [1.29, 1.82) is 0 Å². The SMILES string of the molecule is Oc1ccc([C@@H]2c3c(O)cc(O)cc3[C@H]3c4c(cc(O)cc4[C@@H]2c2cc(C=Cc4cc(O)cc5c4[C@H](c4cc(O)cc(O)c4)[C@H](c4ccc(O)cc4)O5)ccc2O)O[C@H]3c2ccc(O)cc2)cc1. The van der Waals surface area contributed by atoms with Crippen LogP contribution in [0.25, 0.3) is 12.2 Å². The minimum atomic E-state index is -0.859. The fourth-order valence-electron chi connectivity index (χ4n) is 10.6. The van der Waals surface area contributed by atoms with Crippen LogP contribution in [0.2, 0.25) is 0 Å². The lowest BCUT2D eigenvalue weighted by Gasteiger charge is -2.31. The fraction of sp³-hybridized carbons (Fsp3) is 0.107. The van der Waals surface area contributed by atoms with E-state index in [1.165, 1.54) is 60.7 Å². The number of rotatable bonds is 7. The lowest BCUT2D eigenvalue weighted by atomic mass is 9.72. The van der Waals surface area contributed by atoms with E-state index in [4.69, 9.17) is 9.47 Å². The number of benzene rings is 8. The summed E-state index contributed by atoms with van der Waals surface area (Å²) in [4.78, 5) is 0. The van der Waals surface area contributed by atoms with Crippen molar-refractivity contribution in [2.24, 2.45) is 0 Å². The highest BCUT2D eigenvalue weighted by Gasteiger charge is 2.48. The first-order valence-electron chi connectivity index (χ1n) is 21.8. The van der Waals surface area contributed by atoms with Crippen LogP contribution in [-0.4, -0.2) is 51.1 Å². The lowest BCUT2D eigenvalue weighted by Crippen LogP contribution is -2.16. The molecule has 3 aliphatic rings. The number of ether oxygens (including phenoxy) is 2. The van der Waals surface area contributed by atoms with E-state index in [2.05, 4.69) is 0 Å². The molecule has 0 spiro atoms. The van der Waals surface area contributed by atoms with E-state index in [0.717, 1.165) is 0 Å². The van der Waals surface area contributed by atoms with Crippen LogP contribution in [0.4, 0.5) is 0 Å². The van der Waals surface area contributed by atoms with Gasteiger partial charge in [0.1, 0.15) is 81.2 Å². The molecule has 0 aromatic heterocycles. The molecule has 11 rings (SSSR count). The van der Waals surface area contributed by atoms with Crippen LogP contribution < -0.4 is 9.47 Å². The van der Waals surface area contributed by atoms with Gasteiger partial charge < -0.3 is 60.5 Å². The molecule has 6 atom stereocenters. The average molecular weight is 907 g/mol. The van der Waals surface area contributed by atoms with Crippen molar-refractivity contribution < 1.29 is 60.5 Å². The predicted octanol–water partition coefficient (Wildman–Crippen LogP) is 10.7. The second-order valence-electron chi connectivity index (χ2n) is 17.6. The lowest BCUT2D eigenvalue weighted by molar-refractivity contribution is 0.221. The van der Waals surface area contributed by atoms with Crippen molar-refractivity contribution in [1.82, 2.24) is 0 Å². The highest BCUT2D eigenvalue weighted by Crippen LogP contribution is 2.63. The molecule has 0 saturated carbocycles. The van der Waals surface area contributed by atoms with Crippen LogP contribution in [0.15, 0.2) is 146 Å². The number of fused-ring (bicyclic) bond motifs is 3. The van der Waals surface area contributed by atoms with Crippen LogP contribution in [0.5, 0.6) is 69.0 Å². The minimum Gasteiger partial charge on any atom is -0.508 e. The Kier molecular flexibility index (Phi) is 9.78. The molecule has 12 heteroatoms. The topological polar surface area (TPSA) is 221 Å². The summed E-state index contributed by atoms with van der Waals surface area (Å²) in [5.74, 6) is -3.17. The highest BCUT2D eigenvalue weighted by molar-refractivity contribution is 5.77. The number of aromatic hydroxyl groups is 10. The third-order valence-electron chi connectivity index (χ3n) is 13.4. The normalized spacial score (nSPS) is 19.9. The number of phenolic OH excluding ortho intramolecular Hbond substituents is 10. The Labute approximate surface area is 388 Å². The van der Waals surface area contributed by atoms with E-state index in [0.29, 0.717) is 78.3 Å². The maximum Gasteiger partial charge on any atom is 0.135 e. The zero-order valence-corrected chi connectivity index (χ0v) is 35.8. The Hall–Kier alpha value is -8.90. The smallest absolute Gasteiger partial charge is 0.135 e. The molecule has 0 bridgehead atoms. The van der Waals surface area contributed by atoms with Gasteiger partial charge in [0.05, 0.1) is 11.8 Å². The summed E-state index contributed by atoms with van der Waals surface area (Å²) in [5, 5.41) is 110. The maximum atomic E-state index is 12.1. The van der Waals surface area contributed by atoms with Gasteiger partial charge in [0.25, 0.3) is 0 Å². The third-order valence-corrected chi connectivity index (χ3v) is 13.4.